The topological polar surface area (TPSA) is 76.7 Å². The lowest BCUT2D eigenvalue weighted by molar-refractivity contribution is -0.146. The molecular weight excluding hydrogens is 404 g/mol. The van der Waals surface area contributed by atoms with E-state index in [1.807, 2.05) is 24.3 Å². The summed E-state index contributed by atoms with van der Waals surface area (Å²) < 4.78 is 11.2. The zero-order valence-electron chi connectivity index (χ0n) is 18.4. The third-order valence-corrected chi connectivity index (χ3v) is 7.36. The van der Waals surface area contributed by atoms with Gasteiger partial charge in [0.1, 0.15) is 5.75 Å². The molecule has 0 spiro atoms. The fraction of sp³-hybridized carbons (Fsp3) is 0.462. The molecule has 32 heavy (non-hydrogen) atoms. The first-order chi connectivity index (χ1) is 15.5. The summed E-state index contributed by atoms with van der Waals surface area (Å²) in [5, 5.41) is 5.78. The first-order valence-electron chi connectivity index (χ1n) is 11.5. The number of rotatable bonds is 7. The number of nitrogens with one attached hydrogen (secondary N) is 2. The smallest absolute Gasteiger partial charge is 0.243 e. The summed E-state index contributed by atoms with van der Waals surface area (Å²) in [6.07, 6.45) is 6.89. The Morgan fingerprint density at radius 3 is 2.09 bits per heavy atom. The summed E-state index contributed by atoms with van der Waals surface area (Å²) in [5.41, 5.74) is 0.429. The Hall–Kier alpha value is -3.02. The molecule has 0 atom stereocenters. The van der Waals surface area contributed by atoms with Gasteiger partial charge in [-0.1, -0.05) is 12.1 Å². The first kappa shape index (κ1) is 20.9. The van der Waals surface area contributed by atoms with Crippen molar-refractivity contribution in [3.05, 3.63) is 48.5 Å². The van der Waals surface area contributed by atoms with Crippen molar-refractivity contribution >= 4 is 17.5 Å². The molecule has 4 saturated carbocycles. The minimum Gasteiger partial charge on any atom is -0.493 e. The molecule has 6 heteroatoms. The van der Waals surface area contributed by atoms with Crippen LogP contribution in [0.5, 0.6) is 17.2 Å². The summed E-state index contributed by atoms with van der Waals surface area (Å²) in [4.78, 5) is 25.4. The number of carbonyl (C=O) groups excluding carboxylic acids is 2. The molecule has 0 aliphatic heterocycles. The molecule has 2 amide bonds. The van der Waals surface area contributed by atoms with Crippen LogP contribution in [0.1, 0.15) is 38.5 Å². The molecule has 2 aromatic carbocycles. The number of para-hydroxylation sites is 2. The van der Waals surface area contributed by atoms with E-state index in [9.17, 15) is 9.59 Å². The van der Waals surface area contributed by atoms with Gasteiger partial charge in [0.25, 0.3) is 0 Å². The van der Waals surface area contributed by atoms with E-state index in [4.69, 9.17) is 9.47 Å². The van der Waals surface area contributed by atoms with E-state index in [0.717, 1.165) is 19.3 Å². The van der Waals surface area contributed by atoms with Crippen LogP contribution in [-0.4, -0.2) is 25.5 Å². The lowest BCUT2D eigenvalue weighted by atomic mass is 9.49. The molecule has 0 unspecified atom stereocenters. The molecule has 0 heterocycles. The largest absolute Gasteiger partial charge is 0.493 e. The van der Waals surface area contributed by atoms with E-state index in [1.165, 1.54) is 19.3 Å². The maximum Gasteiger partial charge on any atom is 0.243 e. The monoisotopic (exact) mass is 434 g/mol. The van der Waals surface area contributed by atoms with Crippen LogP contribution < -0.4 is 20.1 Å². The van der Waals surface area contributed by atoms with Gasteiger partial charge < -0.3 is 20.1 Å². The maximum atomic E-state index is 13.0. The van der Waals surface area contributed by atoms with Crippen LogP contribution in [0.4, 0.5) is 5.69 Å². The quantitative estimate of drug-likeness (QED) is 0.659. The van der Waals surface area contributed by atoms with Crippen LogP contribution in [0.25, 0.3) is 0 Å². The zero-order chi connectivity index (χ0) is 22.1. The van der Waals surface area contributed by atoms with Crippen molar-refractivity contribution in [3.8, 4) is 17.2 Å². The van der Waals surface area contributed by atoms with Crippen molar-refractivity contribution in [1.29, 1.82) is 0 Å². The third kappa shape index (κ3) is 4.18. The highest BCUT2D eigenvalue weighted by molar-refractivity contribution is 5.95. The van der Waals surface area contributed by atoms with Crippen molar-refractivity contribution in [1.82, 2.24) is 5.32 Å². The number of hydrogen-bond acceptors (Lipinski definition) is 4. The number of anilines is 1. The Bertz CT molecular complexity index is 966. The normalized spacial score (nSPS) is 27.6. The van der Waals surface area contributed by atoms with Gasteiger partial charge in [-0.15, -0.1) is 0 Å². The highest BCUT2D eigenvalue weighted by Crippen LogP contribution is 2.60. The third-order valence-electron chi connectivity index (χ3n) is 7.36. The summed E-state index contributed by atoms with van der Waals surface area (Å²) in [6, 6.07) is 14.6. The summed E-state index contributed by atoms with van der Waals surface area (Å²) in [5.74, 6) is 3.89. The number of carbonyl (C=O) groups is 2. The first-order valence-corrected chi connectivity index (χ1v) is 11.5. The second-order valence-electron chi connectivity index (χ2n) is 9.71. The van der Waals surface area contributed by atoms with E-state index in [0.29, 0.717) is 40.7 Å². The fourth-order valence-electron chi connectivity index (χ4n) is 6.38. The van der Waals surface area contributed by atoms with Crippen LogP contribution in [0.2, 0.25) is 0 Å². The second kappa shape index (κ2) is 8.49. The van der Waals surface area contributed by atoms with Crippen molar-refractivity contribution in [2.75, 3.05) is 19.0 Å². The summed E-state index contributed by atoms with van der Waals surface area (Å²) >= 11 is 0. The minimum absolute atomic E-state index is 0.0000486. The summed E-state index contributed by atoms with van der Waals surface area (Å²) in [7, 11) is 1.60. The molecular formula is C26H30N2O4. The van der Waals surface area contributed by atoms with Crippen molar-refractivity contribution in [2.45, 2.75) is 38.5 Å². The van der Waals surface area contributed by atoms with Gasteiger partial charge in [-0.2, -0.15) is 0 Å². The Kier molecular flexibility index (Phi) is 5.53. The molecule has 168 valence electrons. The van der Waals surface area contributed by atoms with Gasteiger partial charge in [0, 0.05) is 11.1 Å². The van der Waals surface area contributed by atoms with E-state index in [-0.39, 0.29) is 23.8 Å². The number of methoxy groups -OCH3 is 1. The molecule has 6 rings (SSSR count). The van der Waals surface area contributed by atoms with E-state index in [2.05, 4.69) is 10.6 Å². The lowest BCUT2D eigenvalue weighted by Crippen LogP contribution is -2.54. The molecule has 2 aromatic rings. The van der Waals surface area contributed by atoms with Crippen molar-refractivity contribution in [3.63, 3.8) is 0 Å². The van der Waals surface area contributed by atoms with Crippen molar-refractivity contribution < 1.29 is 19.1 Å². The highest BCUT2D eigenvalue weighted by Gasteiger charge is 2.54. The SMILES string of the molecule is COc1ccccc1Oc1ccc(NC(=O)CNC(=O)C23CC4CC(CC(C4)C2)C3)cc1. The minimum atomic E-state index is -0.230. The Balaban J connectivity index is 1.13. The molecule has 0 saturated heterocycles. The van der Waals surface area contributed by atoms with Crippen LogP contribution in [0, 0.1) is 23.2 Å². The molecule has 6 nitrogen and oxygen atoms in total. The van der Waals surface area contributed by atoms with Crippen LogP contribution >= 0.6 is 0 Å². The van der Waals surface area contributed by atoms with E-state index < -0.39 is 0 Å². The lowest BCUT2D eigenvalue weighted by Gasteiger charge is -2.55. The number of benzene rings is 2. The average Bonchev–Trinajstić information content (AvgIpc) is 2.78. The molecule has 0 aromatic heterocycles. The maximum absolute atomic E-state index is 13.0. The zero-order valence-corrected chi connectivity index (χ0v) is 18.4. The summed E-state index contributed by atoms with van der Waals surface area (Å²) in [6.45, 7) is 0.0000486. The fourth-order valence-corrected chi connectivity index (χ4v) is 6.38. The van der Waals surface area contributed by atoms with E-state index >= 15 is 0 Å². The number of ether oxygens (including phenoxy) is 2. The molecule has 4 aliphatic carbocycles. The van der Waals surface area contributed by atoms with Gasteiger partial charge in [-0.05, 0) is 92.7 Å². The van der Waals surface area contributed by atoms with Gasteiger partial charge in [0.15, 0.2) is 11.5 Å². The van der Waals surface area contributed by atoms with Gasteiger partial charge in [0.2, 0.25) is 11.8 Å². The van der Waals surface area contributed by atoms with Crippen LogP contribution in [0.15, 0.2) is 48.5 Å². The molecule has 0 radical (unpaired) electrons. The van der Waals surface area contributed by atoms with Crippen LogP contribution in [0.3, 0.4) is 0 Å². The predicted molar refractivity (Wildman–Crippen MR) is 122 cm³/mol. The average molecular weight is 435 g/mol. The Morgan fingerprint density at radius 2 is 1.50 bits per heavy atom. The Morgan fingerprint density at radius 1 is 0.906 bits per heavy atom. The number of hydrogen-bond donors (Lipinski definition) is 2. The van der Waals surface area contributed by atoms with Gasteiger partial charge in [0.05, 0.1) is 13.7 Å². The van der Waals surface area contributed by atoms with Crippen LogP contribution in [-0.2, 0) is 9.59 Å². The second-order valence-corrected chi connectivity index (χ2v) is 9.71. The molecule has 2 N–H and O–H groups in total. The molecule has 4 aliphatic rings. The Labute approximate surface area is 188 Å². The molecule has 4 fully saturated rings. The molecule has 4 bridgehead atoms. The number of amides is 2. The van der Waals surface area contributed by atoms with Gasteiger partial charge in [-0.25, -0.2) is 0 Å². The van der Waals surface area contributed by atoms with Gasteiger partial charge >= 0.3 is 0 Å². The van der Waals surface area contributed by atoms with E-state index in [1.54, 1.807) is 31.4 Å². The van der Waals surface area contributed by atoms with Gasteiger partial charge in [-0.3, -0.25) is 9.59 Å². The highest BCUT2D eigenvalue weighted by atomic mass is 16.5. The standard InChI is InChI=1S/C26H30N2O4/c1-31-22-4-2-3-5-23(22)32-21-8-6-20(7-9-21)28-24(29)16-27-25(30)26-13-17-10-18(14-26)12-19(11-17)15-26/h2-9,17-19H,10-16H2,1H3,(H,27,30)(H,28,29). The van der Waals surface area contributed by atoms with Crippen molar-refractivity contribution in [2.24, 2.45) is 23.2 Å². The predicted octanol–water partition coefficient (Wildman–Crippen LogP) is 4.76.